The number of nitrogens with zero attached hydrogens (tertiary/aromatic N) is 8. The minimum absolute atomic E-state index is 0.00656. The van der Waals surface area contributed by atoms with Crippen LogP contribution in [0.4, 0.5) is 0 Å². The molecule has 0 spiro atoms. The lowest BCUT2D eigenvalue weighted by atomic mass is 9.84. The molecule has 0 unspecified atom stereocenters. The molecule has 4 aliphatic rings. The van der Waals surface area contributed by atoms with Gasteiger partial charge in [0.25, 0.3) is 20.4 Å². The topological polar surface area (TPSA) is 157 Å². The molecule has 6 atom stereocenters. The first-order chi connectivity index (χ1) is 23.8. The molecule has 268 valence electrons. The fourth-order valence-corrected chi connectivity index (χ4v) is 10.4. The normalized spacial score (nSPS) is 26.6. The molecule has 50 heavy (non-hydrogen) atoms. The highest BCUT2D eigenvalue weighted by Gasteiger charge is 2.44. The molecule has 2 saturated heterocycles. The molecule has 4 aromatic rings. The molecule has 0 aliphatic carbocycles. The summed E-state index contributed by atoms with van der Waals surface area (Å²) in [6.07, 6.45) is 7.04. The first-order valence-corrected chi connectivity index (χ1v) is 19.5. The molecule has 14 nitrogen and oxygen atoms in total. The van der Waals surface area contributed by atoms with Gasteiger partial charge < -0.3 is 19.3 Å². The lowest BCUT2D eigenvalue weighted by Gasteiger charge is -2.39. The van der Waals surface area contributed by atoms with Crippen molar-refractivity contribution in [2.75, 3.05) is 54.4 Å². The number of benzene rings is 2. The van der Waals surface area contributed by atoms with Gasteiger partial charge >= 0.3 is 0 Å². The van der Waals surface area contributed by atoms with Gasteiger partial charge in [-0.1, -0.05) is 48.5 Å². The summed E-state index contributed by atoms with van der Waals surface area (Å²) < 4.78 is 58.7. The summed E-state index contributed by atoms with van der Waals surface area (Å²) in [7, 11) is -0.954. The smallest absolute Gasteiger partial charge is 0.281 e. The Morgan fingerprint density at radius 1 is 0.640 bits per heavy atom. The van der Waals surface area contributed by atoms with Crippen LogP contribution in [-0.4, -0.2) is 130 Å². The van der Waals surface area contributed by atoms with Gasteiger partial charge in [0.1, 0.15) is 0 Å². The Morgan fingerprint density at radius 2 is 1.02 bits per heavy atom. The number of fused-ring (bicyclic) bond motifs is 6. The number of piperidine rings is 2. The second-order valence-electron chi connectivity index (χ2n) is 13.8. The van der Waals surface area contributed by atoms with Crippen molar-refractivity contribution >= 4 is 20.4 Å². The van der Waals surface area contributed by atoms with E-state index in [2.05, 4.69) is 43.4 Å². The maximum absolute atomic E-state index is 12.3. The van der Waals surface area contributed by atoms with Crippen molar-refractivity contribution < 1.29 is 27.0 Å². The predicted molar refractivity (Wildman–Crippen MR) is 188 cm³/mol. The molecule has 2 aromatic carbocycles. The van der Waals surface area contributed by atoms with Gasteiger partial charge in [0.15, 0.2) is 0 Å². The average molecular weight is 725 g/mol. The minimum Gasteiger partial charge on any atom is -0.391 e. The van der Waals surface area contributed by atoms with E-state index in [0.717, 1.165) is 22.5 Å². The first-order valence-electron chi connectivity index (χ1n) is 16.8. The maximum atomic E-state index is 12.3. The second-order valence-corrected chi connectivity index (χ2v) is 18.1. The highest BCUT2D eigenvalue weighted by Crippen LogP contribution is 2.47. The number of imidazole rings is 2. The van der Waals surface area contributed by atoms with E-state index in [4.69, 9.17) is 0 Å². The fourth-order valence-electron chi connectivity index (χ4n) is 8.08. The van der Waals surface area contributed by atoms with Gasteiger partial charge in [-0.25, -0.2) is 9.97 Å². The Balaban J connectivity index is 0.000000157. The molecular formula is C34H44N8O6S2. The van der Waals surface area contributed by atoms with E-state index in [1.807, 2.05) is 36.7 Å². The van der Waals surface area contributed by atoms with Crippen molar-refractivity contribution in [1.29, 1.82) is 0 Å². The molecule has 8 rings (SSSR count). The molecule has 6 heterocycles. The zero-order valence-corrected chi connectivity index (χ0v) is 30.2. The molecule has 2 fully saturated rings. The molecule has 4 aliphatic heterocycles. The van der Waals surface area contributed by atoms with E-state index in [1.54, 1.807) is 12.7 Å². The van der Waals surface area contributed by atoms with Crippen LogP contribution in [0.1, 0.15) is 36.1 Å². The second kappa shape index (κ2) is 13.2. The van der Waals surface area contributed by atoms with Crippen molar-refractivity contribution in [1.82, 2.24) is 36.3 Å². The molecule has 0 bridgehead atoms. The molecule has 2 aromatic heterocycles. The Morgan fingerprint density at radius 3 is 1.38 bits per heavy atom. The highest BCUT2D eigenvalue weighted by atomic mass is 32.2. The number of aromatic nitrogens is 4. The van der Waals surface area contributed by atoms with E-state index in [9.17, 15) is 27.0 Å². The number of rotatable bonds is 6. The molecule has 16 heteroatoms. The van der Waals surface area contributed by atoms with Crippen LogP contribution in [0.5, 0.6) is 0 Å². The number of aliphatic hydroxyl groups excluding tert-OH is 2. The molecule has 2 N–H and O–H groups in total. The van der Waals surface area contributed by atoms with E-state index < -0.39 is 32.6 Å². The summed E-state index contributed by atoms with van der Waals surface area (Å²) in [5, 5.41) is 21.6. The van der Waals surface area contributed by atoms with Gasteiger partial charge in [-0.2, -0.15) is 34.1 Å². The van der Waals surface area contributed by atoms with Crippen LogP contribution in [0.2, 0.25) is 0 Å². The third-order valence-corrected chi connectivity index (χ3v) is 14.4. The molecule has 0 saturated carbocycles. The summed E-state index contributed by atoms with van der Waals surface area (Å²) in [5.41, 5.74) is 6.73. The SMILES string of the molecule is CN(C)S(=O)(=O)N1CC[C@@H]([C@H]2c3ccccc3-c3cncn32)[C@H](O)C1.CN(C)S(=O)(=O)N1CC[C@H]([C@H]2c3ccccc3-c3cncn32)[C@@H](O)C1. The molecule has 0 radical (unpaired) electrons. The van der Waals surface area contributed by atoms with Crippen LogP contribution in [0.25, 0.3) is 22.5 Å². The van der Waals surface area contributed by atoms with Gasteiger partial charge in [-0.05, 0) is 24.0 Å². The van der Waals surface area contributed by atoms with Crippen molar-refractivity contribution in [3.8, 4) is 22.5 Å². The predicted octanol–water partition coefficient (Wildman–Crippen LogP) is 1.88. The molecular weight excluding hydrogens is 681 g/mol. The quantitative estimate of drug-likeness (QED) is 0.306. The van der Waals surface area contributed by atoms with Crippen molar-refractivity contribution in [2.45, 2.75) is 37.1 Å². The van der Waals surface area contributed by atoms with E-state index >= 15 is 0 Å². The van der Waals surface area contributed by atoms with Gasteiger partial charge in [0.2, 0.25) is 0 Å². The van der Waals surface area contributed by atoms with Crippen LogP contribution in [0, 0.1) is 11.8 Å². The zero-order chi connectivity index (χ0) is 35.5. The summed E-state index contributed by atoms with van der Waals surface area (Å²) >= 11 is 0. The Kier molecular flexibility index (Phi) is 9.26. The third-order valence-electron chi connectivity index (χ3n) is 10.6. The summed E-state index contributed by atoms with van der Waals surface area (Å²) in [6, 6.07) is 16.3. The van der Waals surface area contributed by atoms with Gasteiger partial charge in [0.05, 0.1) is 60.7 Å². The highest BCUT2D eigenvalue weighted by molar-refractivity contribution is 7.87. The monoisotopic (exact) mass is 724 g/mol. The Bertz CT molecular complexity index is 1930. The van der Waals surface area contributed by atoms with Crippen LogP contribution in [-0.2, 0) is 20.4 Å². The first kappa shape index (κ1) is 34.9. The zero-order valence-electron chi connectivity index (χ0n) is 28.6. The number of β-amino-alcohol motifs (C(OH)–C–C–N with tert-alkyl or cyclic N) is 2. The largest absolute Gasteiger partial charge is 0.391 e. The summed E-state index contributed by atoms with van der Waals surface area (Å²) in [4.78, 5) is 8.52. The van der Waals surface area contributed by atoms with Crippen LogP contribution >= 0.6 is 0 Å². The average Bonchev–Trinajstić information content (AvgIpc) is 3.87. The third kappa shape index (κ3) is 5.81. The van der Waals surface area contributed by atoms with E-state index in [0.29, 0.717) is 25.9 Å². The van der Waals surface area contributed by atoms with Gasteiger partial charge in [-0.3, -0.25) is 0 Å². The summed E-state index contributed by atoms with van der Waals surface area (Å²) in [6.45, 7) is 1.05. The van der Waals surface area contributed by atoms with Crippen molar-refractivity contribution in [2.24, 2.45) is 11.8 Å². The maximum Gasteiger partial charge on any atom is 0.281 e. The van der Waals surface area contributed by atoms with E-state index in [-0.39, 0.29) is 37.0 Å². The Hall–Kier alpha value is -3.48. The number of hydrogen-bond acceptors (Lipinski definition) is 8. The Labute approximate surface area is 293 Å². The van der Waals surface area contributed by atoms with Crippen LogP contribution in [0.15, 0.2) is 73.6 Å². The van der Waals surface area contributed by atoms with Gasteiger partial charge in [-0.15, -0.1) is 0 Å². The minimum atomic E-state index is -3.50. The lowest BCUT2D eigenvalue weighted by Crippen LogP contribution is -2.51. The number of aliphatic hydroxyl groups is 2. The van der Waals surface area contributed by atoms with Crippen molar-refractivity contribution in [3.63, 3.8) is 0 Å². The van der Waals surface area contributed by atoms with Crippen molar-refractivity contribution in [3.05, 3.63) is 84.7 Å². The van der Waals surface area contributed by atoms with Crippen LogP contribution < -0.4 is 0 Å². The fraction of sp³-hybridized carbons (Fsp3) is 0.471. The summed E-state index contributed by atoms with van der Waals surface area (Å²) in [5.74, 6) is -0.101. The number of hydrogen-bond donors (Lipinski definition) is 2. The molecule has 0 amide bonds. The van der Waals surface area contributed by atoms with E-state index in [1.165, 1.54) is 56.5 Å². The van der Waals surface area contributed by atoms with Crippen LogP contribution in [0.3, 0.4) is 0 Å². The van der Waals surface area contributed by atoms with Gasteiger partial charge in [0, 0.05) is 77.3 Å². The lowest BCUT2D eigenvalue weighted by molar-refractivity contribution is 0.0328. The standard InChI is InChI=1S/2C17H22N4O3S/c2*1-19(2)25(23,24)20-8-7-14(16(22)10-20)17-13-6-4-3-5-12(13)15-9-18-11-21(15)17/h2*3-6,9,11,14,16-17,22H,7-8,10H2,1-2H3/t14-,16-,17+;14-,16-,17-/m01/s1.